The Balaban J connectivity index is 1.49. The van der Waals surface area contributed by atoms with Gasteiger partial charge >= 0.3 is 0 Å². The van der Waals surface area contributed by atoms with Crippen LogP contribution in [0.25, 0.3) is 11.5 Å². The zero-order valence-corrected chi connectivity index (χ0v) is 13.4. The SMILES string of the molecule is c1ccc(-c2ncc(CN3CCC[C@@H]3c3ccccn3)cn2)nc1. The first-order chi connectivity index (χ1) is 11.9. The molecule has 0 unspecified atom stereocenters. The van der Waals surface area contributed by atoms with Crippen molar-refractivity contribution in [2.24, 2.45) is 0 Å². The number of hydrogen-bond acceptors (Lipinski definition) is 5. The van der Waals surface area contributed by atoms with Gasteiger partial charge in [-0.25, -0.2) is 9.97 Å². The molecule has 4 heterocycles. The second-order valence-electron chi connectivity index (χ2n) is 6.01. The smallest absolute Gasteiger partial charge is 0.178 e. The fourth-order valence-electron chi connectivity index (χ4n) is 3.22. The topological polar surface area (TPSA) is 54.8 Å². The first kappa shape index (κ1) is 14.9. The Morgan fingerprint density at radius 3 is 2.42 bits per heavy atom. The van der Waals surface area contributed by atoms with Crippen LogP contribution in [0.4, 0.5) is 0 Å². The highest BCUT2D eigenvalue weighted by Gasteiger charge is 2.26. The second kappa shape index (κ2) is 6.84. The molecule has 4 rings (SSSR count). The third-order valence-corrected chi connectivity index (χ3v) is 4.38. The second-order valence-corrected chi connectivity index (χ2v) is 6.01. The molecule has 0 saturated carbocycles. The van der Waals surface area contributed by atoms with Crippen molar-refractivity contribution in [3.05, 3.63) is 72.4 Å². The van der Waals surface area contributed by atoms with Crippen molar-refractivity contribution in [2.45, 2.75) is 25.4 Å². The van der Waals surface area contributed by atoms with Crippen molar-refractivity contribution in [1.82, 2.24) is 24.8 Å². The van der Waals surface area contributed by atoms with Gasteiger partial charge in [0.2, 0.25) is 0 Å². The van der Waals surface area contributed by atoms with Gasteiger partial charge in [-0.05, 0) is 43.7 Å². The molecule has 0 radical (unpaired) electrons. The Bertz CT molecular complexity index is 774. The highest BCUT2D eigenvalue weighted by molar-refractivity contribution is 5.47. The molecule has 1 fully saturated rings. The zero-order valence-electron chi connectivity index (χ0n) is 13.4. The average molecular weight is 317 g/mol. The van der Waals surface area contributed by atoms with E-state index in [2.05, 4.69) is 37.0 Å². The molecule has 0 N–H and O–H groups in total. The van der Waals surface area contributed by atoms with Crippen LogP contribution in [0.1, 0.15) is 30.1 Å². The number of aromatic nitrogens is 4. The summed E-state index contributed by atoms with van der Waals surface area (Å²) in [4.78, 5) is 20.2. The van der Waals surface area contributed by atoms with E-state index >= 15 is 0 Å². The lowest BCUT2D eigenvalue weighted by Gasteiger charge is -2.23. The van der Waals surface area contributed by atoms with Crippen molar-refractivity contribution in [3.8, 4) is 11.5 Å². The van der Waals surface area contributed by atoms with Crippen molar-refractivity contribution >= 4 is 0 Å². The largest absolute Gasteiger partial charge is 0.290 e. The third-order valence-electron chi connectivity index (χ3n) is 4.38. The summed E-state index contributed by atoms with van der Waals surface area (Å²) in [6.07, 6.45) is 9.80. The predicted molar refractivity (Wildman–Crippen MR) is 91.9 cm³/mol. The number of likely N-dealkylation sites (tertiary alicyclic amines) is 1. The monoisotopic (exact) mass is 317 g/mol. The van der Waals surface area contributed by atoms with Crippen molar-refractivity contribution < 1.29 is 0 Å². The molecule has 5 heteroatoms. The number of rotatable bonds is 4. The van der Waals surface area contributed by atoms with Gasteiger partial charge < -0.3 is 0 Å². The molecule has 1 atom stereocenters. The number of nitrogens with zero attached hydrogens (tertiary/aromatic N) is 5. The molecular formula is C19H19N5. The van der Waals surface area contributed by atoms with Gasteiger partial charge in [0, 0.05) is 36.9 Å². The highest BCUT2D eigenvalue weighted by Crippen LogP contribution is 2.31. The molecule has 0 spiro atoms. The van der Waals surface area contributed by atoms with Gasteiger partial charge in [-0.1, -0.05) is 12.1 Å². The van der Waals surface area contributed by atoms with E-state index in [0.717, 1.165) is 36.5 Å². The van der Waals surface area contributed by atoms with Gasteiger partial charge in [0.25, 0.3) is 0 Å². The van der Waals surface area contributed by atoms with Gasteiger partial charge in [-0.15, -0.1) is 0 Å². The standard InChI is InChI=1S/C19H19N5/c1-3-9-20-16(6-1)18-8-5-11-24(18)14-15-12-22-19(23-13-15)17-7-2-4-10-21-17/h1-4,6-7,9-10,12-13,18H,5,8,11,14H2/t18-/m1/s1. The first-order valence-electron chi connectivity index (χ1n) is 8.27. The molecule has 0 aromatic carbocycles. The molecule has 1 aliphatic heterocycles. The summed E-state index contributed by atoms with van der Waals surface area (Å²) in [7, 11) is 0. The maximum Gasteiger partial charge on any atom is 0.178 e. The Morgan fingerprint density at radius 1 is 0.917 bits per heavy atom. The molecule has 0 aliphatic carbocycles. The molecule has 24 heavy (non-hydrogen) atoms. The summed E-state index contributed by atoms with van der Waals surface area (Å²) in [5.41, 5.74) is 3.08. The lowest BCUT2D eigenvalue weighted by molar-refractivity contribution is 0.244. The van der Waals surface area contributed by atoms with E-state index < -0.39 is 0 Å². The maximum atomic E-state index is 4.53. The molecule has 5 nitrogen and oxygen atoms in total. The van der Waals surface area contributed by atoms with Crippen LogP contribution in [0.15, 0.2) is 61.2 Å². The quantitative estimate of drug-likeness (QED) is 0.739. The van der Waals surface area contributed by atoms with Gasteiger partial charge in [-0.2, -0.15) is 0 Å². The van der Waals surface area contributed by atoms with E-state index in [1.807, 2.05) is 42.9 Å². The molecule has 0 amide bonds. The molecule has 1 saturated heterocycles. The van der Waals surface area contributed by atoms with E-state index in [-0.39, 0.29) is 0 Å². The summed E-state index contributed by atoms with van der Waals surface area (Å²) in [6, 6.07) is 12.3. The lowest BCUT2D eigenvalue weighted by atomic mass is 10.1. The van der Waals surface area contributed by atoms with Gasteiger partial charge in [0.05, 0.1) is 11.7 Å². The van der Waals surface area contributed by atoms with Crippen LogP contribution in [0.5, 0.6) is 0 Å². The minimum absolute atomic E-state index is 0.390. The summed E-state index contributed by atoms with van der Waals surface area (Å²) >= 11 is 0. The average Bonchev–Trinajstić information content (AvgIpc) is 3.12. The number of pyridine rings is 2. The van der Waals surface area contributed by atoms with Crippen molar-refractivity contribution in [1.29, 1.82) is 0 Å². The van der Waals surface area contributed by atoms with E-state index in [1.165, 1.54) is 6.42 Å². The van der Waals surface area contributed by atoms with Gasteiger partial charge in [0.1, 0.15) is 5.69 Å². The van der Waals surface area contributed by atoms with Crippen LogP contribution < -0.4 is 0 Å². The normalized spacial score (nSPS) is 17.9. The minimum atomic E-state index is 0.390. The Morgan fingerprint density at radius 2 is 1.71 bits per heavy atom. The minimum Gasteiger partial charge on any atom is -0.290 e. The molecule has 120 valence electrons. The van der Waals surface area contributed by atoms with Crippen LogP contribution in [-0.4, -0.2) is 31.4 Å². The summed E-state index contributed by atoms with van der Waals surface area (Å²) < 4.78 is 0. The fourth-order valence-corrected chi connectivity index (χ4v) is 3.22. The fraction of sp³-hybridized carbons (Fsp3) is 0.263. The molecule has 3 aromatic rings. The van der Waals surface area contributed by atoms with Crippen LogP contribution in [-0.2, 0) is 6.54 Å². The van der Waals surface area contributed by atoms with Crippen LogP contribution in [0.2, 0.25) is 0 Å². The predicted octanol–water partition coefficient (Wildman–Crippen LogP) is 3.27. The molecule has 3 aromatic heterocycles. The third kappa shape index (κ3) is 3.16. The van der Waals surface area contributed by atoms with Crippen LogP contribution >= 0.6 is 0 Å². The van der Waals surface area contributed by atoms with Gasteiger partial charge in [-0.3, -0.25) is 14.9 Å². The van der Waals surface area contributed by atoms with E-state index in [1.54, 1.807) is 6.20 Å². The Kier molecular flexibility index (Phi) is 4.25. The van der Waals surface area contributed by atoms with Crippen LogP contribution in [0.3, 0.4) is 0 Å². The van der Waals surface area contributed by atoms with E-state index in [0.29, 0.717) is 11.9 Å². The van der Waals surface area contributed by atoms with Crippen LogP contribution in [0, 0.1) is 0 Å². The van der Waals surface area contributed by atoms with E-state index in [4.69, 9.17) is 0 Å². The van der Waals surface area contributed by atoms with E-state index in [9.17, 15) is 0 Å². The summed E-state index contributed by atoms with van der Waals surface area (Å²) in [6.45, 7) is 1.94. The Labute approximate surface area is 141 Å². The lowest BCUT2D eigenvalue weighted by Crippen LogP contribution is -2.23. The zero-order chi connectivity index (χ0) is 16.2. The molecular weight excluding hydrogens is 298 g/mol. The number of hydrogen-bond donors (Lipinski definition) is 0. The highest BCUT2D eigenvalue weighted by atomic mass is 15.2. The molecule has 0 bridgehead atoms. The van der Waals surface area contributed by atoms with Gasteiger partial charge in [0.15, 0.2) is 5.82 Å². The first-order valence-corrected chi connectivity index (χ1v) is 8.27. The van der Waals surface area contributed by atoms with Crippen molar-refractivity contribution in [3.63, 3.8) is 0 Å². The maximum absolute atomic E-state index is 4.53. The van der Waals surface area contributed by atoms with Crippen molar-refractivity contribution in [2.75, 3.05) is 6.54 Å². The molecule has 1 aliphatic rings. The summed E-state index contributed by atoms with van der Waals surface area (Å²) in [5, 5.41) is 0. The Hall–Kier alpha value is -2.66. The summed E-state index contributed by atoms with van der Waals surface area (Å²) in [5.74, 6) is 0.669.